The summed E-state index contributed by atoms with van der Waals surface area (Å²) in [4.78, 5) is 16.8. The van der Waals surface area contributed by atoms with Crippen molar-refractivity contribution in [2.75, 3.05) is 0 Å². The van der Waals surface area contributed by atoms with Crippen LogP contribution in [0.15, 0.2) is 27.4 Å². The Morgan fingerprint density at radius 3 is 2.65 bits per heavy atom. The molecule has 0 radical (unpaired) electrons. The number of fused-ring (bicyclic) bond motifs is 6. The zero-order valence-corrected chi connectivity index (χ0v) is 22.5. The Hall–Kier alpha value is -1.79. The van der Waals surface area contributed by atoms with Crippen molar-refractivity contribution in [3.8, 4) is 0 Å². The first-order valence-corrected chi connectivity index (χ1v) is 14.6. The quantitative estimate of drug-likeness (QED) is 0.535. The number of aryl methyl sites for hydroxylation is 1. The van der Waals surface area contributed by atoms with E-state index in [-0.39, 0.29) is 28.4 Å². The summed E-state index contributed by atoms with van der Waals surface area (Å²) >= 11 is 0. The van der Waals surface area contributed by atoms with E-state index < -0.39 is 11.4 Å². The van der Waals surface area contributed by atoms with Crippen molar-refractivity contribution in [1.82, 2.24) is 4.98 Å². The molecule has 5 nitrogen and oxygen atoms in total. The smallest absolute Gasteiger partial charge is 0.349 e. The van der Waals surface area contributed by atoms with E-state index in [2.05, 4.69) is 25.8 Å². The molecule has 4 aliphatic rings. The first-order chi connectivity index (χ1) is 17.6. The average molecular weight is 512 g/mol. The van der Waals surface area contributed by atoms with Crippen LogP contribution in [0.3, 0.4) is 0 Å². The van der Waals surface area contributed by atoms with Gasteiger partial charge in [0.2, 0.25) is 0 Å². The molecule has 4 saturated carbocycles. The summed E-state index contributed by atoms with van der Waals surface area (Å²) in [5.41, 5.74) is 0.163. The van der Waals surface area contributed by atoms with E-state index in [0.29, 0.717) is 53.3 Å². The maximum absolute atomic E-state index is 14.0. The molecule has 6 rings (SSSR count). The number of nitrogens with zero attached hydrogens (tertiary/aromatic N) is 1. The van der Waals surface area contributed by atoms with Crippen molar-refractivity contribution in [3.63, 3.8) is 0 Å². The highest BCUT2D eigenvalue weighted by Gasteiger charge is 2.62. The van der Waals surface area contributed by atoms with Crippen molar-refractivity contribution in [3.05, 3.63) is 40.3 Å². The highest BCUT2D eigenvalue weighted by atomic mass is 19.1. The summed E-state index contributed by atoms with van der Waals surface area (Å²) < 4.78 is 19.5. The fraction of sp³-hybridized carbons (Fsp3) is 0.742. The molecule has 6 heteroatoms. The fourth-order valence-electron chi connectivity index (χ4n) is 9.96. The molecule has 1 aromatic heterocycles. The molecule has 37 heavy (non-hydrogen) atoms. The highest BCUT2D eigenvalue weighted by molar-refractivity contribution is 5.77. The minimum atomic E-state index is -0.648. The lowest BCUT2D eigenvalue weighted by atomic mass is 9.43. The second-order valence-corrected chi connectivity index (χ2v) is 13.5. The van der Waals surface area contributed by atoms with Gasteiger partial charge in [0.15, 0.2) is 5.89 Å². The minimum absolute atomic E-state index is 0.0725. The molecule has 0 aliphatic heterocycles. The van der Waals surface area contributed by atoms with Gasteiger partial charge < -0.3 is 14.6 Å². The third-order valence-corrected chi connectivity index (χ3v) is 11.9. The van der Waals surface area contributed by atoms with E-state index in [1.165, 1.54) is 31.7 Å². The van der Waals surface area contributed by atoms with E-state index in [4.69, 9.17) is 4.42 Å². The average Bonchev–Trinajstić information content (AvgIpc) is 3.21. The van der Waals surface area contributed by atoms with Crippen molar-refractivity contribution in [2.45, 2.75) is 97.2 Å². The van der Waals surface area contributed by atoms with E-state index in [0.717, 1.165) is 32.1 Å². The van der Waals surface area contributed by atoms with Gasteiger partial charge in [-0.25, -0.2) is 14.2 Å². The van der Waals surface area contributed by atoms with Gasteiger partial charge in [-0.05, 0) is 116 Å². The zero-order chi connectivity index (χ0) is 26.1. The lowest BCUT2D eigenvalue weighted by molar-refractivity contribution is -0.174. The van der Waals surface area contributed by atoms with Gasteiger partial charge in [0.1, 0.15) is 11.2 Å². The van der Waals surface area contributed by atoms with Crippen LogP contribution in [0.5, 0.6) is 0 Å². The normalized spacial score (nSPS) is 42.2. The lowest BCUT2D eigenvalue weighted by Crippen LogP contribution is -2.58. The standard InChI is InChI=1S/C31H42FNO4/c1-17(7-10-26-33-24-6-4-5-23(32)28(24)29(36)37-26)20-8-9-21-27-22(12-14-31(20,21)3)30(2)13-11-19(34)15-18(30)16-25(27)35/h4-6,17-22,25,27,34-35H,7-16H2,1-3H3/t17-,18+,19-,20-,21+,22?,25-,27+,30+,31-/m1/s1. The third kappa shape index (κ3) is 4.00. The molecular weight excluding hydrogens is 469 g/mol. The zero-order valence-electron chi connectivity index (χ0n) is 22.5. The highest BCUT2D eigenvalue weighted by Crippen LogP contribution is 2.68. The molecular formula is C31H42FNO4. The SMILES string of the molecule is C[C@H](CCc1nc2cccc(F)c2c(=O)o1)[C@H]1CC[C@H]2[C@H]3C(CC[C@]12C)[C@@]1(C)CC[C@@H](O)C[C@H]1C[C@H]3O. The fourth-order valence-corrected chi connectivity index (χ4v) is 9.96. The van der Waals surface area contributed by atoms with Gasteiger partial charge in [0.05, 0.1) is 17.7 Å². The number of benzene rings is 1. The van der Waals surface area contributed by atoms with Crippen molar-refractivity contribution in [1.29, 1.82) is 0 Å². The number of halogens is 1. The van der Waals surface area contributed by atoms with Gasteiger partial charge >= 0.3 is 5.63 Å². The van der Waals surface area contributed by atoms with E-state index in [1.54, 1.807) is 12.1 Å². The molecule has 2 N–H and O–H groups in total. The van der Waals surface area contributed by atoms with E-state index >= 15 is 0 Å². The summed E-state index contributed by atoms with van der Waals surface area (Å²) in [6.45, 7) is 7.26. The second kappa shape index (κ2) is 9.15. The molecule has 2 aromatic rings. The van der Waals surface area contributed by atoms with Crippen LogP contribution in [0, 0.1) is 52.2 Å². The Bertz CT molecular complexity index is 1230. The molecule has 0 spiro atoms. The lowest BCUT2D eigenvalue weighted by Gasteiger charge is -2.62. The van der Waals surface area contributed by atoms with Gasteiger partial charge in [-0.1, -0.05) is 26.8 Å². The van der Waals surface area contributed by atoms with Gasteiger partial charge in [0, 0.05) is 6.42 Å². The first-order valence-electron chi connectivity index (χ1n) is 14.6. The molecule has 4 aliphatic carbocycles. The number of aliphatic hydroxyl groups excluding tert-OH is 2. The second-order valence-electron chi connectivity index (χ2n) is 13.5. The Morgan fingerprint density at radius 2 is 1.84 bits per heavy atom. The summed E-state index contributed by atoms with van der Waals surface area (Å²) in [5.74, 6) is 2.70. The topological polar surface area (TPSA) is 83.6 Å². The number of hydrogen-bond acceptors (Lipinski definition) is 5. The van der Waals surface area contributed by atoms with E-state index in [9.17, 15) is 19.4 Å². The largest absolute Gasteiger partial charge is 0.408 e. The monoisotopic (exact) mass is 511 g/mol. The summed E-state index contributed by atoms with van der Waals surface area (Å²) in [6, 6.07) is 4.50. The molecule has 1 aromatic carbocycles. The molecule has 202 valence electrons. The molecule has 4 fully saturated rings. The predicted molar refractivity (Wildman–Crippen MR) is 140 cm³/mol. The minimum Gasteiger partial charge on any atom is -0.408 e. The molecule has 1 unspecified atom stereocenters. The Morgan fingerprint density at radius 1 is 1.08 bits per heavy atom. The summed E-state index contributed by atoms with van der Waals surface area (Å²) in [6.07, 6.45) is 9.39. The molecule has 0 amide bonds. The van der Waals surface area contributed by atoms with Crippen LogP contribution in [-0.2, 0) is 6.42 Å². The van der Waals surface area contributed by atoms with Crippen molar-refractivity contribution in [2.24, 2.45) is 46.3 Å². The van der Waals surface area contributed by atoms with Crippen LogP contribution < -0.4 is 5.63 Å². The Kier molecular flexibility index (Phi) is 6.30. The summed E-state index contributed by atoms with van der Waals surface area (Å²) in [5, 5.41) is 21.7. The molecule has 0 saturated heterocycles. The van der Waals surface area contributed by atoms with Gasteiger partial charge in [-0.15, -0.1) is 0 Å². The number of aromatic nitrogens is 1. The van der Waals surface area contributed by atoms with Crippen LogP contribution in [0.1, 0.15) is 84.4 Å². The van der Waals surface area contributed by atoms with Gasteiger partial charge in [0.25, 0.3) is 0 Å². The van der Waals surface area contributed by atoms with Crippen molar-refractivity contribution < 1.29 is 19.0 Å². The predicted octanol–water partition coefficient (Wildman–Crippen LogP) is 5.89. The van der Waals surface area contributed by atoms with Crippen LogP contribution in [0.4, 0.5) is 4.39 Å². The van der Waals surface area contributed by atoms with Crippen LogP contribution >= 0.6 is 0 Å². The van der Waals surface area contributed by atoms with Crippen LogP contribution in [0.25, 0.3) is 10.9 Å². The molecule has 0 bridgehead atoms. The Balaban J connectivity index is 1.18. The molecule has 10 atom stereocenters. The number of aliphatic hydroxyl groups is 2. The third-order valence-electron chi connectivity index (χ3n) is 11.9. The molecule has 1 heterocycles. The Labute approximate surface area is 218 Å². The van der Waals surface area contributed by atoms with Crippen LogP contribution in [0.2, 0.25) is 0 Å². The number of hydrogen-bond donors (Lipinski definition) is 2. The van der Waals surface area contributed by atoms with Crippen LogP contribution in [-0.4, -0.2) is 27.4 Å². The van der Waals surface area contributed by atoms with Gasteiger partial charge in [-0.3, -0.25) is 0 Å². The number of rotatable bonds is 4. The van der Waals surface area contributed by atoms with Gasteiger partial charge in [-0.2, -0.15) is 0 Å². The van der Waals surface area contributed by atoms with E-state index in [1.807, 2.05) is 0 Å². The first kappa shape index (κ1) is 25.5. The maximum Gasteiger partial charge on any atom is 0.349 e. The maximum atomic E-state index is 14.0. The summed E-state index contributed by atoms with van der Waals surface area (Å²) in [7, 11) is 0. The van der Waals surface area contributed by atoms with Crippen molar-refractivity contribution >= 4 is 10.9 Å².